The van der Waals surface area contributed by atoms with Crippen molar-refractivity contribution in [3.8, 4) is 23.1 Å². The Morgan fingerprint density at radius 1 is 0.937 bits per heavy atom. The van der Waals surface area contributed by atoms with E-state index in [-0.39, 0.29) is 24.2 Å². The second-order valence-corrected chi connectivity index (χ2v) is 16.8. The van der Waals surface area contributed by atoms with Crippen molar-refractivity contribution in [3.05, 3.63) is 113 Å². The Morgan fingerprint density at radius 3 is 2.19 bits per heavy atom. The number of halogens is 6. The molecule has 0 aliphatic carbocycles. The van der Waals surface area contributed by atoms with Gasteiger partial charge in [0.2, 0.25) is 0 Å². The molecule has 4 aliphatic heterocycles. The Hall–Kier alpha value is -5.54. The quantitative estimate of drug-likeness (QED) is 0.0938. The number of carbonyl (C=O) groups is 2. The summed E-state index contributed by atoms with van der Waals surface area (Å²) in [5.74, 6) is 2.50. The Morgan fingerprint density at radius 2 is 1.60 bits per heavy atom. The summed E-state index contributed by atoms with van der Waals surface area (Å²) < 4.78 is 96.6. The van der Waals surface area contributed by atoms with E-state index >= 15 is 8.78 Å². The third kappa shape index (κ3) is 10.5. The van der Waals surface area contributed by atoms with Crippen LogP contribution in [-0.2, 0) is 27.2 Å². The molecule has 17 heteroatoms. The molecule has 2 aromatic carbocycles. The molecule has 0 radical (unpaired) electrons. The normalized spacial score (nSPS) is 19.2. The van der Waals surface area contributed by atoms with Gasteiger partial charge >= 0.3 is 12.3 Å². The third-order valence-electron chi connectivity index (χ3n) is 12.2. The first-order valence-corrected chi connectivity index (χ1v) is 20.6. The summed E-state index contributed by atoms with van der Waals surface area (Å²) in [6.07, 6.45) is -4.13. The minimum Gasteiger partial charge on any atom is -0.453 e. The van der Waals surface area contributed by atoms with Gasteiger partial charge in [-0.15, -0.1) is 0 Å². The van der Waals surface area contributed by atoms with E-state index in [2.05, 4.69) is 41.7 Å². The van der Waals surface area contributed by atoms with E-state index < -0.39 is 77.5 Å². The number of Topliss-reactive ketones (excluding diaryl/α,β-unsaturated/α-hetero) is 1. The number of alkyl carbamates (subject to hydrolysis) is 1. The van der Waals surface area contributed by atoms with Gasteiger partial charge in [0.05, 0.1) is 43.6 Å². The van der Waals surface area contributed by atoms with Gasteiger partial charge < -0.3 is 30.1 Å². The number of ketones is 1. The number of ether oxygens (including phenoxy) is 2. The summed E-state index contributed by atoms with van der Waals surface area (Å²) >= 11 is 0. The van der Waals surface area contributed by atoms with Crippen molar-refractivity contribution in [3.63, 3.8) is 0 Å². The number of piperidine rings is 1. The molecule has 4 aliphatic rings. The van der Waals surface area contributed by atoms with Crippen LogP contribution in [0.1, 0.15) is 48.9 Å². The van der Waals surface area contributed by atoms with Gasteiger partial charge in [-0.3, -0.25) is 14.7 Å². The fourth-order valence-electron chi connectivity index (χ4n) is 8.35. The number of rotatable bonds is 15. The van der Waals surface area contributed by atoms with Crippen LogP contribution in [0.2, 0.25) is 0 Å². The largest absolute Gasteiger partial charge is 0.453 e. The number of nitrogens with one attached hydrogen (secondary N) is 2. The summed E-state index contributed by atoms with van der Waals surface area (Å²) in [6, 6.07) is 14.4. The van der Waals surface area contributed by atoms with Crippen molar-refractivity contribution < 1.29 is 50.5 Å². The molecule has 1 amide bonds. The number of anilines is 1. The van der Waals surface area contributed by atoms with E-state index in [4.69, 9.17) is 4.74 Å². The number of pyridine rings is 2. The smallest absolute Gasteiger partial charge is 0.407 e. The van der Waals surface area contributed by atoms with Crippen LogP contribution in [0.3, 0.4) is 0 Å². The van der Waals surface area contributed by atoms with Crippen LogP contribution in [0, 0.1) is 40.6 Å². The standard InChI is InChI=1S/C46H48F6N6O5/c1-45(2,46(50,51)52)43(56-44(61)62-3)40(59)17-31(41(60)22-53-21-36-37(48)15-30(16-38(36)49)39-18-32(47)12-13-54-39)14-28-7-4-27(5-8-28)6-9-29-10-11-42(55-20-29)57-23-33-19-34(24-57)58(33)35-25-63-26-35/h4-5,7-8,10-13,15-16,18,20,31,33-35,41,43,53,60H,14,17,19,21-26H2,1-3H3,(H,56,61)/t31-,33?,34?,41+,43-/m1/s1. The van der Waals surface area contributed by atoms with E-state index in [1.54, 1.807) is 30.5 Å². The number of nitrogens with zero attached hydrogens (tertiary/aromatic N) is 4. The Kier molecular flexibility index (Phi) is 13.8. The highest BCUT2D eigenvalue weighted by Gasteiger charge is 2.55. The van der Waals surface area contributed by atoms with Crippen LogP contribution in [0.5, 0.6) is 0 Å². The third-order valence-corrected chi connectivity index (χ3v) is 12.2. The second-order valence-electron chi connectivity index (χ2n) is 16.8. The molecule has 0 spiro atoms. The van der Waals surface area contributed by atoms with Gasteiger partial charge in [0.1, 0.15) is 29.3 Å². The molecular weight excluding hydrogens is 831 g/mol. The van der Waals surface area contributed by atoms with Crippen molar-refractivity contribution in [1.82, 2.24) is 25.5 Å². The van der Waals surface area contributed by atoms with Gasteiger partial charge in [-0.25, -0.2) is 22.9 Å². The Bertz CT molecular complexity index is 2300. The molecule has 334 valence electrons. The van der Waals surface area contributed by atoms with Gasteiger partial charge in [0.25, 0.3) is 0 Å². The molecule has 2 bridgehead atoms. The van der Waals surface area contributed by atoms with Crippen LogP contribution >= 0.6 is 0 Å². The average molecular weight is 879 g/mol. The lowest BCUT2D eigenvalue weighted by Gasteiger charge is -2.60. The van der Waals surface area contributed by atoms with E-state index in [1.165, 1.54) is 6.42 Å². The zero-order valence-corrected chi connectivity index (χ0v) is 34.9. The van der Waals surface area contributed by atoms with E-state index in [0.717, 1.165) is 83.5 Å². The van der Waals surface area contributed by atoms with Crippen molar-refractivity contribution >= 4 is 17.7 Å². The zero-order chi connectivity index (χ0) is 45.1. The Balaban J connectivity index is 1.02. The first kappa shape index (κ1) is 45.5. The topological polar surface area (TPSA) is 129 Å². The minimum atomic E-state index is -4.92. The SMILES string of the molecule is COC(=O)N[C@H](C(=O)C[C@@H](Cc1ccc(C#Cc2ccc(N3CC4CC(C3)N4C3COC3)nc2)cc1)[C@@H](O)CNCc1c(F)cc(-c2cc(F)ccn2)cc1F)C(C)(C)C(F)(F)F. The van der Waals surface area contributed by atoms with Crippen molar-refractivity contribution in [2.24, 2.45) is 11.3 Å². The highest BCUT2D eigenvalue weighted by atomic mass is 19.4. The van der Waals surface area contributed by atoms with Crippen molar-refractivity contribution in [2.75, 3.05) is 44.9 Å². The summed E-state index contributed by atoms with van der Waals surface area (Å²) in [5, 5.41) is 16.2. The fraction of sp³-hybridized carbons (Fsp3) is 0.435. The molecule has 63 heavy (non-hydrogen) atoms. The predicted molar refractivity (Wildman–Crippen MR) is 221 cm³/mol. The number of amides is 1. The van der Waals surface area contributed by atoms with E-state index in [0.29, 0.717) is 34.8 Å². The number of aromatic nitrogens is 2. The molecule has 5 atom stereocenters. The summed E-state index contributed by atoms with van der Waals surface area (Å²) in [7, 11) is 0.950. The fourth-order valence-corrected chi connectivity index (χ4v) is 8.35. The number of carbonyl (C=O) groups excluding carboxylic acids is 2. The molecule has 4 fully saturated rings. The lowest BCUT2D eigenvalue weighted by molar-refractivity contribution is -0.220. The highest BCUT2D eigenvalue weighted by molar-refractivity contribution is 5.88. The number of benzene rings is 2. The number of fused-ring (bicyclic) bond motifs is 2. The zero-order valence-electron chi connectivity index (χ0n) is 34.9. The molecule has 8 rings (SSSR count). The van der Waals surface area contributed by atoms with Crippen LogP contribution in [0.25, 0.3) is 11.3 Å². The van der Waals surface area contributed by atoms with Gasteiger partial charge in [-0.1, -0.05) is 24.0 Å². The number of aliphatic hydroxyl groups excluding tert-OH is 1. The highest BCUT2D eigenvalue weighted by Crippen LogP contribution is 2.42. The first-order valence-electron chi connectivity index (χ1n) is 20.6. The second kappa shape index (κ2) is 19.1. The molecular formula is C46H48F6N6O5. The predicted octanol–water partition coefficient (Wildman–Crippen LogP) is 6.20. The molecule has 11 nitrogen and oxygen atoms in total. The molecule has 4 saturated heterocycles. The first-order chi connectivity index (χ1) is 30.0. The number of methoxy groups -OCH3 is 1. The lowest BCUT2D eigenvalue weighted by atomic mass is 9.77. The van der Waals surface area contributed by atoms with Crippen LogP contribution in [-0.4, -0.2) is 108 Å². The maximum Gasteiger partial charge on any atom is 0.407 e. The minimum absolute atomic E-state index is 0.00287. The number of hydrogen-bond acceptors (Lipinski definition) is 10. The monoisotopic (exact) mass is 878 g/mol. The van der Waals surface area contributed by atoms with E-state index in [9.17, 15) is 32.3 Å². The lowest BCUT2D eigenvalue weighted by Crippen LogP contribution is -2.74. The van der Waals surface area contributed by atoms with E-state index in [1.807, 2.05) is 17.4 Å². The summed E-state index contributed by atoms with van der Waals surface area (Å²) in [6.45, 7) is 4.26. The molecule has 4 aromatic rings. The Labute approximate surface area is 361 Å². The number of alkyl halides is 3. The molecule has 2 aromatic heterocycles. The van der Waals surface area contributed by atoms with Gasteiger partial charge in [0.15, 0.2) is 5.78 Å². The number of hydrogen-bond donors (Lipinski definition) is 3. The summed E-state index contributed by atoms with van der Waals surface area (Å²) in [4.78, 5) is 39.4. The van der Waals surface area contributed by atoms with Gasteiger partial charge in [-0.05, 0) is 80.6 Å². The van der Waals surface area contributed by atoms with Gasteiger partial charge in [0, 0.05) is 85.4 Å². The number of aliphatic hydroxyl groups is 1. The number of piperazine rings is 1. The molecule has 0 saturated carbocycles. The van der Waals surface area contributed by atoms with Crippen molar-refractivity contribution in [1.29, 1.82) is 0 Å². The van der Waals surface area contributed by atoms with Crippen molar-refractivity contribution in [2.45, 2.75) is 76.1 Å². The average Bonchev–Trinajstić information content (AvgIpc) is 3.23. The molecule has 6 heterocycles. The maximum absolute atomic E-state index is 15.1. The molecule has 2 unspecified atom stereocenters. The van der Waals surface area contributed by atoms with Crippen LogP contribution in [0.4, 0.5) is 37.0 Å². The maximum atomic E-state index is 15.1. The molecule has 3 N–H and O–H groups in total. The van der Waals surface area contributed by atoms with Crippen LogP contribution in [0.15, 0.2) is 73.1 Å². The van der Waals surface area contributed by atoms with Gasteiger partial charge in [-0.2, -0.15) is 13.2 Å². The summed E-state index contributed by atoms with van der Waals surface area (Å²) in [5.41, 5.74) is -1.14. The van der Waals surface area contributed by atoms with Crippen LogP contribution < -0.4 is 15.5 Å².